The van der Waals surface area contributed by atoms with Crippen molar-refractivity contribution in [1.29, 1.82) is 0 Å². The lowest BCUT2D eigenvalue weighted by atomic mass is 10.1. The maximum atomic E-state index is 10.6. The molecule has 0 saturated carbocycles. The average molecular weight is 218 g/mol. The number of imidazole rings is 1. The maximum Gasteiger partial charge on any atom is 0.271 e. The lowest BCUT2D eigenvalue weighted by Gasteiger charge is -2.01. The second-order valence-corrected chi connectivity index (χ2v) is 3.77. The van der Waals surface area contributed by atoms with E-state index in [4.69, 9.17) is 0 Å². The highest BCUT2D eigenvalue weighted by Gasteiger charge is 2.12. The van der Waals surface area contributed by atoms with Crippen molar-refractivity contribution in [2.75, 3.05) is 0 Å². The van der Waals surface area contributed by atoms with Crippen molar-refractivity contribution in [3.8, 4) is 0 Å². The van der Waals surface area contributed by atoms with Crippen LogP contribution < -0.4 is 0 Å². The Balaban J connectivity index is 2.49. The Kier molecular flexibility index (Phi) is 2.60. The van der Waals surface area contributed by atoms with Crippen LogP contribution in [-0.2, 0) is 0 Å². The first-order valence-electron chi connectivity index (χ1n) is 5.05. The smallest absolute Gasteiger partial charge is 0.271 e. The van der Waals surface area contributed by atoms with Gasteiger partial charge < -0.3 is 4.98 Å². The molecule has 0 fully saturated rings. The Hall–Kier alpha value is -1.91. The highest BCUT2D eigenvalue weighted by Crippen LogP contribution is 2.22. The summed E-state index contributed by atoms with van der Waals surface area (Å²) in [4.78, 5) is 17.6. The number of hydrogen-bond acceptors (Lipinski definition) is 3. The van der Waals surface area contributed by atoms with Gasteiger partial charge in [-0.3, -0.25) is 10.1 Å². The molecule has 83 valence electrons. The Bertz CT molecular complexity index is 533. The van der Waals surface area contributed by atoms with Gasteiger partial charge in [0.15, 0.2) is 0 Å². The number of aromatic nitrogens is 2. The molecule has 1 aromatic carbocycles. The van der Waals surface area contributed by atoms with Gasteiger partial charge in [0.05, 0.1) is 16.0 Å². The maximum absolute atomic E-state index is 10.6. The standard InChI is InChI=1S/C11H12N3O2/c1-3-7(2)11-12-9-5-4-8(14(15)16)6-10(9)13-11/h4-7H,1,3H2,2H3,(H,12,13). The van der Waals surface area contributed by atoms with Crippen LogP contribution in [0.5, 0.6) is 0 Å². The number of fused-ring (bicyclic) bond motifs is 1. The van der Waals surface area contributed by atoms with Gasteiger partial charge in [-0.25, -0.2) is 4.98 Å². The summed E-state index contributed by atoms with van der Waals surface area (Å²) < 4.78 is 0. The molecule has 1 atom stereocenters. The minimum Gasteiger partial charge on any atom is -0.342 e. The second kappa shape index (κ2) is 3.92. The number of benzene rings is 1. The van der Waals surface area contributed by atoms with E-state index in [1.165, 1.54) is 12.1 Å². The molecule has 5 heteroatoms. The van der Waals surface area contributed by atoms with Gasteiger partial charge in [-0.15, -0.1) is 0 Å². The number of non-ortho nitro benzene ring substituents is 1. The molecular weight excluding hydrogens is 206 g/mol. The summed E-state index contributed by atoms with van der Waals surface area (Å²) in [5.41, 5.74) is 1.52. The molecule has 1 radical (unpaired) electrons. The first kappa shape index (κ1) is 10.6. The lowest BCUT2D eigenvalue weighted by molar-refractivity contribution is -0.384. The summed E-state index contributed by atoms with van der Waals surface area (Å²) in [6.45, 7) is 5.82. The molecule has 0 saturated heterocycles. The monoisotopic (exact) mass is 218 g/mol. The largest absolute Gasteiger partial charge is 0.342 e. The number of hydrogen-bond donors (Lipinski definition) is 1. The molecule has 1 heterocycles. The van der Waals surface area contributed by atoms with Crippen molar-refractivity contribution < 1.29 is 4.92 Å². The van der Waals surface area contributed by atoms with E-state index in [-0.39, 0.29) is 11.6 Å². The fourth-order valence-corrected chi connectivity index (χ4v) is 1.50. The molecule has 1 unspecified atom stereocenters. The predicted molar refractivity (Wildman–Crippen MR) is 61.1 cm³/mol. The van der Waals surface area contributed by atoms with Gasteiger partial charge in [-0.1, -0.05) is 13.8 Å². The molecule has 16 heavy (non-hydrogen) atoms. The Morgan fingerprint density at radius 2 is 2.38 bits per heavy atom. The van der Waals surface area contributed by atoms with Crippen molar-refractivity contribution >= 4 is 16.7 Å². The van der Waals surface area contributed by atoms with Crippen molar-refractivity contribution in [3.63, 3.8) is 0 Å². The number of H-pyrrole nitrogens is 1. The summed E-state index contributed by atoms with van der Waals surface area (Å²) in [6.07, 6.45) is 0.738. The number of nitrogens with one attached hydrogen (secondary N) is 1. The molecule has 0 amide bonds. The lowest BCUT2D eigenvalue weighted by Crippen LogP contribution is -1.93. The topological polar surface area (TPSA) is 71.8 Å². The van der Waals surface area contributed by atoms with Crippen LogP contribution in [0.3, 0.4) is 0 Å². The van der Waals surface area contributed by atoms with Gasteiger partial charge in [-0.2, -0.15) is 0 Å². The summed E-state index contributed by atoms with van der Waals surface area (Å²) in [6, 6.07) is 4.62. The normalized spacial score (nSPS) is 12.9. The molecule has 0 aliphatic rings. The first-order valence-corrected chi connectivity index (χ1v) is 5.05. The predicted octanol–water partition coefficient (Wildman–Crippen LogP) is 2.80. The molecule has 0 bridgehead atoms. The van der Waals surface area contributed by atoms with Crippen LogP contribution in [0.1, 0.15) is 25.1 Å². The third-order valence-electron chi connectivity index (χ3n) is 2.59. The molecule has 1 aromatic heterocycles. The number of aromatic amines is 1. The molecular formula is C11H12N3O2. The van der Waals surface area contributed by atoms with E-state index in [2.05, 4.69) is 16.9 Å². The Morgan fingerprint density at radius 3 is 3.00 bits per heavy atom. The van der Waals surface area contributed by atoms with Crippen LogP contribution in [0.25, 0.3) is 11.0 Å². The van der Waals surface area contributed by atoms with E-state index in [0.29, 0.717) is 5.52 Å². The van der Waals surface area contributed by atoms with Crippen molar-refractivity contribution in [2.24, 2.45) is 0 Å². The van der Waals surface area contributed by atoms with Gasteiger partial charge in [0, 0.05) is 18.1 Å². The van der Waals surface area contributed by atoms with Gasteiger partial charge in [0.25, 0.3) is 5.69 Å². The fourth-order valence-electron chi connectivity index (χ4n) is 1.50. The van der Waals surface area contributed by atoms with Crippen LogP contribution in [0, 0.1) is 17.0 Å². The summed E-state index contributed by atoms with van der Waals surface area (Å²) in [7, 11) is 0. The highest BCUT2D eigenvalue weighted by molar-refractivity contribution is 5.77. The second-order valence-electron chi connectivity index (χ2n) is 3.77. The molecule has 1 N–H and O–H groups in total. The van der Waals surface area contributed by atoms with Gasteiger partial charge in [0.2, 0.25) is 0 Å². The van der Waals surface area contributed by atoms with E-state index in [0.717, 1.165) is 17.8 Å². The molecule has 2 aromatic rings. The summed E-state index contributed by atoms with van der Waals surface area (Å²) >= 11 is 0. The summed E-state index contributed by atoms with van der Waals surface area (Å²) in [5, 5.41) is 10.6. The zero-order valence-electron chi connectivity index (χ0n) is 8.93. The highest BCUT2D eigenvalue weighted by atomic mass is 16.6. The number of nitro benzene ring substituents is 1. The van der Waals surface area contributed by atoms with Crippen molar-refractivity contribution in [1.82, 2.24) is 9.97 Å². The number of nitrogens with zero attached hydrogens (tertiary/aromatic N) is 2. The zero-order chi connectivity index (χ0) is 11.7. The van der Waals surface area contributed by atoms with Crippen molar-refractivity contribution in [3.05, 3.63) is 41.1 Å². The van der Waals surface area contributed by atoms with E-state index in [9.17, 15) is 10.1 Å². The van der Waals surface area contributed by atoms with Crippen LogP contribution in [0.15, 0.2) is 18.2 Å². The third kappa shape index (κ3) is 1.76. The minimum absolute atomic E-state index is 0.0741. The minimum atomic E-state index is -0.412. The SMILES string of the molecule is [CH2]CC(C)c1nc2ccc([N+](=O)[O-])cc2[nH]1. The summed E-state index contributed by atoms with van der Waals surface area (Å²) in [5.74, 6) is 1.05. The Morgan fingerprint density at radius 1 is 1.62 bits per heavy atom. The molecule has 5 nitrogen and oxygen atoms in total. The van der Waals surface area contributed by atoms with Gasteiger partial charge in [0.1, 0.15) is 5.82 Å². The van der Waals surface area contributed by atoms with E-state index >= 15 is 0 Å². The van der Waals surface area contributed by atoms with Gasteiger partial charge in [-0.05, 0) is 12.5 Å². The van der Waals surface area contributed by atoms with Crippen LogP contribution in [0.4, 0.5) is 5.69 Å². The number of rotatable bonds is 3. The van der Waals surface area contributed by atoms with E-state index in [1.807, 2.05) is 6.92 Å². The fraction of sp³-hybridized carbons (Fsp3) is 0.273. The van der Waals surface area contributed by atoms with Crippen LogP contribution in [-0.4, -0.2) is 14.9 Å². The first-order chi connectivity index (χ1) is 7.61. The van der Waals surface area contributed by atoms with Crippen LogP contribution in [0.2, 0.25) is 0 Å². The quantitative estimate of drug-likeness (QED) is 0.636. The number of nitro groups is 1. The third-order valence-corrected chi connectivity index (χ3v) is 2.59. The van der Waals surface area contributed by atoms with Gasteiger partial charge >= 0.3 is 0 Å². The van der Waals surface area contributed by atoms with Crippen LogP contribution >= 0.6 is 0 Å². The molecule has 0 spiro atoms. The van der Waals surface area contributed by atoms with Crippen molar-refractivity contribution in [2.45, 2.75) is 19.3 Å². The zero-order valence-corrected chi connectivity index (χ0v) is 8.93. The molecule has 0 aliphatic heterocycles. The Labute approximate surface area is 92.7 Å². The average Bonchev–Trinajstić information content (AvgIpc) is 2.70. The molecule has 2 rings (SSSR count). The van der Waals surface area contributed by atoms with E-state index < -0.39 is 4.92 Å². The van der Waals surface area contributed by atoms with E-state index in [1.54, 1.807) is 6.07 Å². The molecule has 0 aliphatic carbocycles.